The Labute approximate surface area is 132 Å². The Morgan fingerprint density at radius 3 is 2.71 bits per heavy atom. The Morgan fingerprint density at radius 1 is 1.33 bits per heavy atom. The topological polar surface area (TPSA) is 56.1 Å². The van der Waals surface area contributed by atoms with Crippen LogP contribution >= 0.6 is 15.9 Å². The van der Waals surface area contributed by atoms with Gasteiger partial charge in [-0.05, 0) is 40.0 Å². The molecule has 0 amide bonds. The van der Waals surface area contributed by atoms with Crippen molar-refractivity contribution < 1.29 is 4.74 Å². The fourth-order valence-electron chi connectivity index (χ4n) is 1.75. The number of benzene rings is 1. The van der Waals surface area contributed by atoms with Crippen molar-refractivity contribution in [2.45, 2.75) is 19.9 Å². The van der Waals surface area contributed by atoms with Crippen LogP contribution in [0.15, 0.2) is 39.7 Å². The fraction of sp³-hybridized carbons (Fsp3) is 0.333. The highest BCUT2D eigenvalue weighted by Gasteiger charge is 2.06. The van der Waals surface area contributed by atoms with Crippen LogP contribution < -0.4 is 15.6 Å². The van der Waals surface area contributed by atoms with Crippen LogP contribution in [0.1, 0.15) is 18.9 Å². The van der Waals surface area contributed by atoms with Gasteiger partial charge in [-0.1, -0.05) is 19.1 Å². The third kappa shape index (κ3) is 4.07. The molecule has 112 valence electrons. The average molecular weight is 352 g/mol. The zero-order valence-corrected chi connectivity index (χ0v) is 13.7. The minimum Gasteiger partial charge on any atom is -0.494 e. The normalized spacial score (nSPS) is 10.4. The number of hydrogen-bond acceptors (Lipinski definition) is 4. The first kappa shape index (κ1) is 15.6. The van der Waals surface area contributed by atoms with E-state index in [4.69, 9.17) is 4.74 Å². The Hall–Kier alpha value is -1.82. The lowest BCUT2D eigenvalue weighted by Crippen LogP contribution is -2.21. The van der Waals surface area contributed by atoms with E-state index in [2.05, 4.69) is 33.3 Å². The quantitative estimate of drug-likeness (QED) is 0.869. The third-order valence-electron chi connectivity index (χ3n) is 2.96. The molecule has 0 spiro atoms. The summed E-state index contributed by atoms with van der Waals surface area (Å²) in [5.41, 5.74) is 1.62. The third-order valence-corrected chi connectivity index (χ3v) is 3.72. The number of ether oxygens (including phenoxy) is 1. The molecule has 21 heavy (non-hydrogen) atoms. The predicted octanol–water partition coefficient (Wildman–Crippen LogP) is 2.94. The second-order valence-corrected chi connectivity index (χ2v) is 5.44. The molecule has 2 aromatic rings. The van der Waals surface area contributed by atoms with Gasteiger partial charge in [0.05, 0.1) is 18.5 Å². The molecule has 0 saturated heterocycles. The van der Waals surface area contributed by atoms with E-state index in [1.165, 1.54) is 4.68 Å². The lowest BCUT2D eigenvalue weighted by atomic mass is 10.2. The molecule has 1 aromatic heterocycles. The van der Waals surface area contributed by atoms with Crippen LogP contribution in [-0.2, 0) is 13.6 Å². The number of aryl methyl sites for hydroxylation is 1. The highest BCUT2D eigenvalue weighted by atomic mass is 79.9. The molecule has 0 aliphatic heterocycles. The summed E-state index contributed by atoms with van der Waals surface area (Å²) < 4.78 is 7.31. The number of anilines is 1. The lowest BCUT2D eigenvalue weighted by Gasteiger charge is -2.09. The summed E-state index contributed by atoms with van der Waals surface area (Å²) in [6, 6.07) is 7.90. The molecule has 0 aliphatic rings. The van der Waals surface area contributed by atoms with E-state index >= 15 is 0 Å². The number of halogens is 1. The maximum absolute atomic E-state index is 11.7. The van der Waals surface area contributed by atoms with Crippen molar-refractivity contribution >= 4 is 21.6 Å². The van der Waals surface area contributed by atoms with E-state index in [1.54, 1.807) is 13.2 Å². The summed E-state index contributed by atoms with van der Waals surface area (Å²) >= 11 is 3.29. The minimum absolute atomic E-state index is 0.164. The molecule has 6 heteroatoms. The van der Waals surface area contributed by atoms with Crippen LogP contribution in [0.25, 0.3) is 0 Å². The highest BCUT2D eigenvalue weighted by Crippen LogP contribution is 2.18. The van der Waals surface area contributed by atoms with Crippen LogP contribution in [0.4, 0.5) is 5.69 Å². The SMILES string of the molecule is CCCOc1ccc(CNc2cnn(C)c(=O)c2Br)cc1. The highest BCUT2D eigenvalue weighted by molar-refractivity contribution is 9.10. The van der Waals surface area contributed by atoms with Crippen LogP contribution in [0.5, 0.6) is 5.75 Å². The van der Waals surface area contributed by atoms with Crippen LogP contribution in [0.3, 0.4) is 0 Å². The van der Waals surface area contributed by atoms with E-state index in [1.807, 2.05) is 24.3 Å². The largest absolute Gasteiger partial charge is 0.494 e. The number of nitrogens with one attached hydrogen (secondary N) is 1. The Kier molecular flexibility index (Phi) is 5.38. The molecule has 0 atom stereocenters. The van der Waals surface area contributed by atoms with Gasteiger partial charge in [-0.3, -0.25) is 4.79 Å². The summed E-state index contributed by atoms with van der Waals surface area (Å²) in [6.45, 7) is 3.42. The van der Waals surface area contributed by atoms with Crippen molar-refractivity contribution in [3.8, 4) is 5.75 Å². The van der Waals surface area contributed by atoms with Crippen LogP contribution in [-0.4, -0.2) is 16.4 Å². The standard InChI is InChI=1S/C15H18BrN3O2/c1-3-8-21-12-6-4-11(5-7-12)9-17-13-10-18-19(2)15(20)14(13)16/h4-7,10,17H,3,8-9H2,1-2H3. The van der Waals surface area contributed by atoms with Gasteiger partial charge < -0.3 is 10.1 Å². The molecule has 0 fully saturated rings. The number of rotatable bonds is 6. The molecule has 0 saturated carbocycles. The number of nitrogens with zero attached hydrogens (tertiary/aromatic N) is 2. The molecular formula is C15H18BrN3O2. The van der Waals surface area contributed by atoms with Gasteiger partial charge in [0, 0.05) is 13.6 Å². The van der Waals surface area contributed by atoms with Gasteiger partial charge in [-0.15, -0.1) is 0 Å². The molecule has 1 heterocycles. The predicted molar refractivity (Wildman–Crippen MR) is 86.7 cm³/mol. The summed E-state index contributed by atoms with van der Waals surface area (Å²) in [7, 11) is 1.62. The minimum atomic E-state index is -0.164. The molecule has 0 aliphatic carbocycles. The second-order valence-electron chi connectivity index (χ2n) is 4.65. The van der Waals surface area contributed by atoms with Gasteiger partial charge in [-0.2, -0.15) is 5.10 Å². The Morgan fingerprint density at radius 2 is 2.05 bits per heavy atom. The molecule has 1 N–H and O–H groups in total. The summed E-state index contributed by atoms with van der Waals surface area (Å²) in [6.07, 6.45) is 2.62. The molecule has 1 aromatic carbocycles. The van der Waals surface area contributed by atoms with E-state index in [0.717, 1.165) is 24.3 Å². The summed E-state index contributed by atoms with van der Waals surface area (Å²) in [4.78, 5) is 11.7. The second kappa shape index (κ2) is 7.26. The monoisotopic (exact) mass is 351 g/mol. The van der Waals surface area contributed by atoms with Crippen molar-refractivity contribution in [1.82, 2.24) is 9.78 Å². The maximum atomic E-state index is 11.7. The van der Waals surface area contributed by atoms with Crippen molar-refractivity contribution in [3.05, 3.63) is 50.9 Å². The van der Waals surface area contributed by atoms with E-state index < -0.39 is 0 Å². The molecule has 0 bridgehead atoms. The molecule has 5 nitrogen and oxygen atoms in total. The maximum Gasteiger partial charge on any atom is 0.282 e. The van der Waals surface area contributed by atoms with E-state index in [9.17, 15) is 4.79 Å². The van der Waals surface area contributed by atoms with Crippen molar-refractivity contribution in [3.63, 3.8) is 0 Å². The number of aromatic nitrogens is 2. The number of hydrogen-bond donors (Lipinski definition) is 1. The molecule has 2 rings (SSSR count). The van der Waals surface area contributed by atoms with Crippen molar-refractivity contribution in [2.75, 3.05) is 11.9 Å². The molecule has 0 unspecified atom stereocenters. The smallest absolute Gasteiger partial charge is 0.282 e. The fourth-order valence-corrected chi connectivity index (χ4v) is 2.25. The van der Waals surface area contributed by atoms with E-state index in [0.29, 0.717) is 16.7 Å². The van der Waals surface area contributed by atoms with E-state index in [-0.39, 0.29) is 5.56 Å². The van der Waals surface area contributed by atoms with Crippen molar-refractivity contribution in [2.24, 2.45) is 7.05 Å². The van der Waals surface area contributed by atoms with Crippen molar-refractivity contribution in [1.29, 1.82) is 0 Å². The zero-order chi connectivity index (χ0) is 15.2. The van der Waals surface area contributed by atoms with Crippen LogP contribution in [0.2, 0.25) is 0 Å². The summed E-state index contributed by atoms with van der Waals surface area (Å²) in [5.74, 6) is 0.872. The first-order valence-electron chi connectivity index (χ1n) is 6.79. The zero-order valence-electron chi connectivity index (χ0n) is 12.1. The van der Waals surface area contributed by atoms with Gasteiger partial charge in [0.1, 0.15) is 10.2 Å². The van der Waals surface area contributed by atoms with Crippen LogP contribution in [0, 0.1) is 0 Å². The first-order chi connectivity index (χ1) is 10.1. The Balaban J connectivity index is 2.00. The molecular weight excluding hydrogens is 334 g/mol. The Bertz CT molecular complexity index is 653. The van der Waals surface area contributed by atoms with Gasteiger partial charge in [0.25, 0.3) is 5.56 Å². The molecule has 0 radical (unpaired) electrons. The average Bonchev–Trinajstić information content (AvgIpc) is 2.51. The summed E-state index contributed by atoms with van der Waals surface area (Å²) in [5, 5.41) is 7.19. The van der Waals surface area contributed by atoms with Gasteiger partial charge in [0.15, 0.2) is 0 Å². The lowest BCUT2D eigenvalue weighted by molar-refractivity contribution is 0.317. The van der Waals surface area contributed by atoms with Gasteiger partial charge >= 0.3 is 0 Å². The van der Waals surface area contributed by atoms with Gasteiger partial charge in [0.2, 0.25) is 0 Å². The van der Waals surface area contributed by atoms with Gasteiger partial charge in [-0.25, -0.2) is 4.68 Å². The first-order valence-corrected chi connectivity index (χ1v) is 7.58.